The van der Waals surface area contributed by atoms with Gasteiger partial charge in [0.1, 0.15) is 11.5 Å². The highest BCUT2D eigenvalue weighted by atomic mass is 19.1. The second kappa shape index (κ2) is 14.9. The van der Waals surface area contributed by atoms with E-state index < -0.39 is 0 Å². The van der Waals surface area contributed by atoms with Gasteiger partial charge in [-0.25, -0.2) is 9.37 Å². The van der Waals surface area contributed by atoms with Crippen molar-refractivity contribution in [1.82, 2.24) is 25.1 Å². The van der Waals surface area contributed by atoms with Crippen molar-refractivity contribution in [2.24, 2.45) is 0 Å². The zero-order valence-corrected chi connectivity index (χ0v) is 25.2. The van der Waals surface area contributed by atoms with E-state index in [1.165, 1.54) is 17.7 Å². The van der Waals surface area contributed by atoms with Crippen LogP contribution >= 0.6 is 0 Å². The first-order chi connectivity index (χ1) is 19.8. The summed E-state index contributed by atoms with van der Waals surface area (Å²) < 4.78 is 13.6. The number of aromatic amines is 2. The number of aryl methyl sites for hydroxylation is 1. The summed E-state index contributed by atoms with van der Waals surface area (Å²) in [6, 6.07) is 12.7. The Morgan fingerprint density at radius 1 is 1.05 bits per heavy atom. The van der Waals surface area contributed by atoms with Crippen molar-refractivity contribution < 1.29 is 4.39 Å². The van der Waals surface area contributed by atoms with E-state index >= 15 is 0 Å². The van der Waals surface area contributed by atoms with E-state index in [-0.39, 0.29) is 5.82 Å². The SMILES string of the molecule is C=C/C=C(/c1ccc(F)cc1)c1nc(-c2n[nH]c3ccc(C(/C=C(\C=C)CCCN(C)C)=C/C)cc23)[nH]c1C.CC. The zero-order chi connectivity index (χ0) is 29.9. The minimum atomic E-state index is -0.279. The molecule has 0 aliphatic heterocycles. The van der Waals surface area contributed by atoms with Gasteiger partial charge in [-0.3, -0.25) is 5.10 Å². The van der Waals surface area contributed by atoms with E-state index in [1.807, 2.05) is 32.9 Å². The average Bonchev–Trinajstić information content (AvgIpc) is 3.57. The van der Waals surface area contributed by atoms with Gasteiger partial charge in [-0.15, -0.1) is 0 Å². The molecule has 6 heteroatoms. The normalized spacial score (nSPS) is 12.4. The molecular weight excluding hydrogens is 509 g/mol. The summed E-state index contributed by atoms with van der Waals surface area (Å²) in [7, 11) is 4.18. The Labute approximate surface area is 243 Å². The molecular formula is C35H42FN5. The Balaban J connectivity index is 0.00000226. The molecule has 0 aliphatic carbocycles. The number of hydrogen-bond acceptors (Lipinski definition) is 3. The van der Waals surface area contributed by atoms with Crippen LogP contribution in [0.4, 0.5) is 4.39 Å². The largest absolute Gasteiger partial charge is 0.340 e. The highest BCUT2D eigenvalue weighted by Gasteiger charge is 2.18. The van der Waals surface area contributed by atoms with Crippen LogP contribution in [0.15, 0.2) is 91.6 Å². The number of hydrogen-bond donors (Lipinski definition) is 2. The second-order valence-electron chi connectivity index (χ2n) is 9.79. The predicted octanol–water partition coefficient (Wildman–Crippen LogP) is 8.90. The summed E-state index contributed by atoms with van der Waals surface area (Å²) in [4.78, 5) is 10.5. The molecule has 4 rings (SSSR count). The first-order valence-electron chi connectivity index (χ1n) is 14.1. The minimum absolute atomic E-state index is 0.279. The number of nitrogens with one attached hydrogen (secondary N) is 2. The van der Waals surface area contributed by atoms with Gasteiger partial charge in [0.2, 0.25) is 0 Å². The Bertz CT molecular complexity index is 1560. The number of allylic oxidation sites excluding steroid dienone is 7. The predicted molar refractivity (Wildman–Crippen MR) is 173 cm³/mol. The lowest BCUT2D eigenvalue weighted by Crippen LogP contribution is -2.12. The van der Waals surface area contributed by atoms with Crippen LogP contribution in [0.3, 0.4) is 0 Å². The smallest absolute Gasteiger partial charge is 0.159 e. The molecule has 0 saturated carbocycles. The molecule has 0 fully saturated rings. The van der Waals surface area contributed by atoms with Crippen molar-refractivity contribution >= 4 is 22.0 Å². The summed E-state index contributed by atoms with van der Waals surface area (Å²) in [6.45, 7) is 17.0. The maximum absolute atomic E-state index is 13.6. The van der Waals surface area contributed by atoms with Crippen LogP contribution in [0.1, 0.15) is 56.1 Å². The summed E-state index contributed by atoms with van der Waals surface area (Å²) >= 11 is 0. The third kappa shape index (κ3) is 7.68. The van der Waals surface area contributed by atoms with Gasteiger partial charge in [0.25, 0.3) is 0 Å². The molecule has 5 nitrogen and oxygen atoms in total. The van der Waals surface area contributed by atoms with E-state index in [9.17, 15) is 4.39 Å². The fourth-order valence-electron chi connectivity index (χ4n) is 4.63. The van der Waals surface area contributed by atoms with Crippen LogP contribution in [0, 0.1) is 12.7 Å². The number of imidazole rings is 1. The van der Waals surface area contributed by atoms with Crippen LogP contribution in [-0.4, -0.2) is 45.7 Å². The Morgan fingerprint density at radius 2 is 1.76 bits per heavy atom. The molecule has 2 N–H and O–H groups in total. The van der Waals surface area contributed by atoms with Gasteiger partial charge in [0.05, 0.1) is 11.2 Å². The third-order valence-corrected chi connectivity index (χ3v) is 6.68. The Hall–Kier alpha value is -4.29. The molecule has 0 atom stereocenters. The molecule has 2 aromatic heterocycles. The first kappa shape index (κ1) is 31.2. The van der Waals surface area contributed by atoms with Gasteiger partial charge < -0.3 is 9.88 Å². The quantitative estimate of drug-likeness (QED) is 0.183. The number of halogens is 1. The standard InChI is InChI=1S/C33H36FN5.C2H6/c1-7-11-28(25-13-16-27(34)17-14-25)31-22(4)35-33(36-31)32-29-21-26(15-18-30(29)37-38-32)24(9-3)20-23(8-2)12-10-19-39(5)6;1-2/h7-9,11,13-18,20-21H,1-2,10,12,19H2,3-6H3,(H,35,36)(H,37,38);1-2H3/b23-20+,24-9+,28-11-;. The monoisotopic (exact) mass is 551 g/mol. The van der Waals surface area contributed by atoms with E-state index in [4.69, 9.17) is 4.98 Å². The highest BCUT2D eigenvalue weighted by Crippen LogP contribution is 2.32. The molecule has 0 spiro atoms. The summed E-state index contributed by atoms with van der Waals surface area (Å²) in [5.74, 6) is 0.384. The van der Waals surface area contributed by atoms with Crippen LogP contribution in [0.5, 0.6) is 0 Å². The third-order valence-electron chi connectivity index (χ3n) is 6.68. The lowest BCUT2D eigenvalue weighted by molar-refractivity contribution is 0.400. The molecule has 2 heterocycles. The van der Waals surface area contributed by atoms with Crippen molar-refractivity contribution in [2.45, 2.75) is 40.5 Å². The molecule has 0 aliphatic rings. The maximum atomic E-state index is 13.6. The van der Waals surface area contributed by atoms with Crippen molar-refractivity contribution in [3.63, 3.8) is 0 Å². The number of fused-ring (bicyclic) bond motifs is 1. The van der Waals surface area contributed by atoms with Crippen LogP contribution in [-0.2, 0) is 0 Å². The van der Waals surface area contributed by atoms with Gasteiger partial charge >= 0.3 is 0 Å². The van der Waals surface area contributed by atoms with E-state index in [0.717, 1.165) is 69.6 Å². The van der Waals surface area contributed by atoms with Crippen molar-refractivity contribution in [3.05, 3.63) is 120 Å². The van der Waals surface area contributed by atoms with Gasteiger partial charge in [0, 0.05) is 16.7 Å². The zero-order valence-electron chi connectivity index (χ0n) is 25.2. The molecule has 2 aromatic carbocycles. The molecule has 41 heavy (non-hydrogen) atoms. The lowest BCUT2D eigenvalue weighted by atomic mass is 9.98. The number of H-pyrrole nitrogens is 2. The number of nitrogens with zero attached hydrogens (tertiary/aromatic N) is 3. The van der Waals surface area contributed by atoms with E-state index in [0.29, 0.717) is 5.82 Å². The van der Waals surface area contributed by atoms with Gasteiger partial charge in [-0.2, -0.15) is 5.10 Å². The minimum Gasteiger partial charge on any atom is -0.340 e. The van der Waals surface area contributed by atoms with Crippen molar-refractivity contribution in [1.29, 1.82) is 0 Å². The Morgan fingerprint density at radius 3 is 2.39 bits per heavy atom. The number of rotatable bonds is 11. The highest BCUT2D eigenvalue weighted by molar-refractivity contribution is 5.95. The molecule has 0 bridgehead atoms. The van der Waals surface area contributed by atoms with Gasteiger partial charge in [-0.1, -0.05) is 75.6 Å². The molecule has 0 amide bonds. The van der Waals surface area contributed by atoms with Crippen molar-refractivity contribution in [3.8, 4) is 11.5 Å². The molecule has 0 unspecified atom stereocenters. The van der Waals surface area contributed by atoms with Gasteiger partial charge in [-0.05, 0) is 93.9 Å². The first-order valence-corrected chi connectivity index (χ1v) is 14.1. The van der Waals surface area contributed by atoms with E-state index in [1.54, 1.807) is 18.2 Å². The summed E-state index contributed by atoms with van der Waals surface area (Å²) in [5, 5.41) is 8.73. The molecule has 0 saturated heterocycles. The molecule has 4 aromatic rings. The van der Waals surface area contributed by atoms with Crippen LogP contribution < -0.4 is 0 Å². The summed E-state index contributed by atoms with van der Waals surface area (Å²) in [6.07, 6.45) is 11.9. The second-order valence-corrected chi connectivity index (χ2v) is 9.79. The van der Waals surface area contributed by atoms with E-state index in [2.05, 4.69) is 84.6 Å². The fourth-order valence-corrected chi connectivity index (χ4v) is 4.63. The lowest BCUT2D eigenvalue weighted by Gasteiger charge is -2.10. The maximum Gasteiger partial charge on any atom is 0.159 e. The van der Waals surface area contributed by atoms with Gasteiger partial charge in [0.15, 0.2) is 5.82 Å². The van der Waals surface area contributed by atoms with Crippen LogP contribution in [0.2, 0.25) is 0 Å². The Kier molecular flexibility index (Phi) is 11.4. The topological polar surface area (TPSA) is 60.6 Å². The number of benzene rings is 2. The number of aromatic nitrogens is 4. The molecule has 214 valence electrons. The summed E-state index contributed by atoms with van der Waals surface area (Å²) in [5.41, 5.74) is 8.50. The average molecular weight is 552 g/mol. The van der Waals surface area contributed by atoms with Crippen molar-refractivity contribution in [2.75, 3.05) is 20.6 Å². The molecule has 0 radical (unpaired) electrons. The van der Waals surface area contributed by atoms with Crippen LogP contribution in [0.25, 0.3) is 33.6 Å². The fraction of sp³-hybridized carbons (Fsp3) is 0.257.